The zero-order chi connectivity index (χ0) is 13.7. The fraction of sp³-hybridized carbons (Fsp3) is 0.267. The van der Waals surface area contributed by atoms with Crippen molar-refractivity contribution in [3.05, 3.63) is 48.7 Å². The van der Waals surface area contributed by atoms with Crippen molar-refractivity contribution in [2.45, 2.75) is 0 Å². The molecule has 0 saturated carbocycles. The van der Waals surface area contributed by atoms with Crippen LogP contribution in [-0.2, 0) is 0 Å². The highest BCUT2D eigenvalue weighted by Crippen LogP contribution is 2.27. The first-order valence-electron chi connectivity index (χ1n) is 6.36. The number of nitrogens with zero attached hydrogens (tertiary/aromatic N) is 3. The monoisotopic (exact) mass is 256 g/mol. The van der Waals surface area contributed by atoms with Crippen molar-refractivity contribution >= 4 is 17.2 Å². The third-order valence-electron chi connectivity index (χ3n) is 2.91. The van der Waals surface area contributed by atoms with Gasteiger partial charge < -0.3 is 15.5 Å². The van der Waals surface area contributed by atoms with Crippen LogP contribution in [-0.4, -0.2) is 37.1 Å². The molecule has 1 aromatic heterocycles. The van der Waals surface area contributed by atoms with E-state index >= 15 is 0 Å². The summed E-state index contributed by atoms with van der Waals surface area (Å²) in [4.78, 5) is 8.71. The largest absolute Gasteiger partial charge is 0.396 e. The highest BCUT2D eigenvalue weighted by molar-refractivity contribution is 5.70. The van der Waals surface area contributed by atoms with E-state index in [9.17, 15) is 0 Å². The van der Waals surface area contributed by atoms with Gasteiger partial charge in [-0.1, -0.05) is 18.2 Å². The van der Waals surface area contributed by atoms with E-state index in [1.54, 1.807) is 6.20 Å². The Balaban J connectivity index is 2.32. The normalized spacial score (nSPS) is 10.7. The van der Waals surface area contributed by atoms with Crippen LogP contribution in [0.2, 0.25) is 0 Å². The molecule has 0 saturated heterocycles. The van der Waals surface area contributed by atoms with Gasteiger partial charge in [-0.3, -0.25) is 0 Å². The van der Waals surface area contributed by atoms with Gasteiger partial charge in [-0.15, -0.1) is 0 Å². The van der Waals surface area contributed by atoms with Crippen molar-refractivity contribution in [1.82, 2.24) is 9.88 Å². The minimum absolute atomic E-state index is 0.699. The van der Waals surface area contributed by atoms with E-state index in [1.807, 2.05) is 30.3 Å². The van der Waals surface area contributed by atoms with E-state index < -0.39 is 0 Å². The Morgan fingerprint density at radius 2 is 1.74 bits per heavy atom. The maximum Gasteiger partial charge on any atom is 0.156 e. The van der Waals surface area contributed by atoms with E-state index in [0.29, 0.717) is 5.69 Å². The van der Waals surface area contributed by atoms with Crippen LogP contribution in [0.3, 0.4) is 0 Å². The predicted octanol–water partition coefficient (Wildman–Crippen LogP) is 2.36. The lowest BCUT2D eigenvalue weighted by atomic mass is 10.2. The van der Waals surface area contributed by atoms with E-state index in [4.69, 9.17) is 5.73 Å². The Bertz CT molecular complexity index is 511. The summed E-state index contributed by atoms with van der Waals surface area (Å²) in [6.45, 7) is 1.78. The predicted molar refractivity (Wildman–Crippen MR) is 80.7 cm³/mol. The third-order valence-corrected chi connectivity index (χ3v) is 2.91. The first kappa shape index (κ1) is 13.4. The summed E-state index contributed by atoms with van der Waals surface area (Å²) < 4.78 is 0. The number of nitrogen functional groups attached to an aromatic ring is 1. The number of benzene rings is 1. The number of pyridine rings is 1. The molecular weight excluding hydrogens is 236 g/mol. The number of para-hydroxylation sites is 1. The standard InChI is InChI=1S/C15H20N4/c1-18(2)11-12-19(13-7-4-3-5-8-13)15-14(16)9-6-10-17-15/h3-10H,11-12,16H2,1-2H3. The molecule has 2 rings (SSSR count). The SMILES string of the molecule is CN(C)CCN(c1ccccc1)c1ncccc1N. The van der Waals surface area contributed by atoms with Crippen molar-refractivity contribution in [1.29, 1.82) is 0 Å². The Labute approximate surface area is 114 Å². The molecule has 4 heteroatoms. The first-order chi connectivity index (χ1) is 9.18. The van der Waals surface area contributed by atoms with Gasteiger partial charge in [-0.25, -0.2) is 4.98 Å². The van der Waals surface area contributed by atoms with Crippen LogP contribution in [0.5, 0.6) is 0 Å². The fourth-order valence-electron chi connectivity index (χ4n) is 1.90. The average molecular weight is 256 g/mol. The molecule has 0 spiro atoms. The molecular formula is C15H20N4. The zero-order valence-electron chi connectivity index (χ0n) is 11.5. The number of nitrogens with two attached hydrogens (primary N) is 1. The second-order valence-corrected chi connectivity index (χ2v) is 4.71. The van der Waals surface area contributed by atoms with Gasteiger partial charge in [0.05, 0.1) is 5.69 Å². The molecule has 0 aliphatic carbocycles. The summed E-state index contributed by atoms with van der Waals surface area (Å²) >= 11 is 0. The first-order valence-corrected chi connectivity index (χ1v) is 6.36. The van der Waals surface area contributed by atoms with Gasteiger partial charge in [-0.05, 0) is 38.4 Å². The Hall–Kier alpha value is -2.07. The summed E-state index contributed by atoms with van der Waals surface area (Å²) in [5.41, 5.74) is 7.85. The van der Waals surface area contributed by atoms with Gasteiger partial charge >= 0.3 is 0 Å². The van der Waals surface area contributed by atoms with Gasteiger partial charge in [0, 0.05) is 25.0 Å². The van der Waals surface area contributed by atoms with Crippen LogP contribution in [0, 0.1) is 0 Å². The summed E-state index contributed by atoms with van der Waals surface area (Å²) in [6, 6.07) is 13.9. The number of hydrogen-bond donors (Lipinski definition) is 1. The lowest BCUT2D eigenvalue weighted by molar-refractivity contribution is 0.418. The van der Waals surface area contributed by atoms with Gasteiger partial charge in [0.1, 0.15) is 0 Å². The molecule has 2 aromatic rings. The average Bonchev–Trinajstić information content (AvgIpc) is 2.42. The number of likely N-dealkylation sites (N-methyl/N-ethyl adjacent to an activating group) is 1. The Morgan fingerprint density at radius 1 is 1.00 bits per heavy atom. The van der Waals surface area contributed by atoms with Crippen molar-refractivity contribution in [3.63, 3.8) is 0 Å². The van der Waals surface area contributed by atoms with Crippen molar-refractivity contribution in [2.75, 3.05) is 37.8 Å². The van der Waals surface area contributed by atoms with Gasteiger partial charge in [0.25, 0.3) is 0 Å². The molecule has 0 atom stereocenters. The molecule has 2 N–H and O–H groups in total. The molecule has 0 radical (unpaired) electrons. The third kappa shape index (κ3) is 3.45. The molecule has 0 amide bonds. The van der Waals surface area contributed by atoms with E-state index in [-0.39, 0.29) is 0 Å². The number of aromatic nitrogens is 1. The van der Waals surface area contributed by atoms with E-state index in [1.165, 1.54) is 0 Å². The molecule has 0 unspecified atom stereocenters. The summed E-state index contributed by atoms with van der Waals surface area (Å²) in [5.74, 6) is 0.815. The van der Waals surface area contributed by atoms with Crippen LogP contribution < -0.4 is 10.6 Å². The smallest absolute Gasteiger partial charge is 0.156 e. The minimum atomic E-state index is 0.699. The van der Waals surface area contributed by atoms with Crippen molar-refractivity contribution in [3.8, 4) is 0 Å². The topological polar surface area (TPSA) is 45.4 Å². The highest BCUT2D eigenvalue weighted by atomic mass is 15.2. The quantitative estimate of drug-likeness (QED) is 0.892. The van der Waals surface area contributed by atoms with Gasteiger partial charge in [0.15, 0.2) is 5.82 Å². The Kier molecular flexibility index (Phi) is 4.36. The van der Waals surface area contributed by atoms with Crippen LogP contribution in [0.4, 0.5) is 17.2 Å². The lowest BCUT2D eigenvalue weighted by Crippen LogP contribution is -2.29. The van der Waals surface area contributed by atoms with Crippen LogP contribution in [0.25, 0.3) is 0 Å². The molecule has 1 heterocycles. The molecule has 0 bridgehead atoms. The molecule has 19 heavy (non-hydrogen) atoms. The number of anilines is 3. The zero-order valence-corrected chi connectivity index (χ0v) is 11.5. The lowest BCUT2D eigenvalue weighted by Gasteiger charge is -2.26. The summed E-state index contributed by atoms with van der Waals surface area (Å²) in [6.07, 6.45) is 1.78. The van der Waals surface area contributed by atoms with Crippen molar-refractivity contribution < 1.29 is 0 Å². The fourth-order valence-corrected chi connectivity index (χ4v) is 1.90. The number of rotatable bonds is 5. The van der Waals surface area contributed by atoms with Gasteiger partial charge in [-0.2, -0.15) is 0 Å². The van der Waals surface area contributed by atoms with Crippen LogP contribution >= 0.6 is 0 Å². The maximum atomic E-state index is 6.05. The van der Waals surface area contributed by atoms with Crippen molar-refractivity contribution in [2.24, 2.45) is 0 Å². The van der Waals surface area contributed by atoms with Crippen LogP contribution in [0.15, 0.2) is 48.7 Å². The molecule has 4 nitrogen and oxygen atoms in total. The Morgan fingerprint density at radius 3 is 2.37 bits per heavy atom. The minimum Gasteiger partial charge on any atom is -0.396 e. The summed E-state index contributed by atoms with van der Waals surface area (Å²) in [5, 5.41) is 0. The molecule has 100 valence electrons. The highest BCUT2D eigenvalue weighted by Gasteiger charge is 2.13. The second kappa shape index (κ2) is 6.20. The molecule has 0 aliphatic rings. The summed E-state index contributed by atoms with van der Waals surface area (Å²) in [7, 11) is 4.12. The second-order valence-electron chi connectivity index (χ2n) is 4.71. The number of hydrogen-bond acceptors (Lipinski definition) is 4. The van der Waals surface area contributed by atoms with E-state index in [0.717, 1.165) is 24.6 Å². The van der Waals surface area contributed by atoms with Gasteiger partial charge in [0.2, 0.25) is 0 Å². The molecule has 1 aromatic carbocycles. The molecule has 0 fully saturated rings. The van der Waals surface area contributed by atoms with E-state index in [2.05, 4.69) is 41.0 Å². The van der Waals surface area contributed by atoms with Crippen LogP contribution in [0.1, 0.15) is 0 Å². The maximum absolute atomic E-state index is 6.05. The molecule has 0 aliphatic heterocycles.